The van der Waals surface area contributed by atoms with Crippen molar-refractivity contribution in [3.8, 4) is 0 Å². The molecule has 0 atom stereocenters. The number of amides is 1. The van der Waals surface area contributed by atoms with E-state index in [1.165, 1.54) is 18.0 Å². The standard InChI is InChI=1S/C8H11N3O3S/c1-3-9-8(13)6-4-11(10-15-6)5-7(12)14-2/h4H,3,5H2,1-2H3/p+1. The van der Waals surface area contributed by atoms with Crippen LogP contribution in [0.2, 0.25) is 0 Å². The van der Waals surface area contributed by atoms with Gasteiger partial charge in [0.2, 0.25) is 6.20 Å². The van der Waals surface area contributed by atoms with Crippen molar-refractivity contribution in [2.45, 2.75) is 13.5 Å². The van der Waals surface area contributed by atoms with Crippen LogP contribution in [0.5, 0.6) is 0 Å². The second kappa shape index (κ2) is 5.40. The maximum absolute atomic E-state index is 11.3. The lowest BCUT2D eigenvalue weighted by atomic mass is 10.5. The van der Waals surface area contributed by atoms with E-state index in [0.717, 1.165) is 11.5 Å². The van der Waals surface area contributed by atoms with Crippen LogP contribution in [0.1, 0.15) is 16.6 Å². The molecular formula is C8H12N3O3S+. The number of methoxy groups -OCH3 is 1. The van der Waals surface area contributed by atoms with Gasteiger partial charge in [0, 0.05) is 18.1 Å². The average molecular weight is 230 g/mol. The molecule has 1 rings (SSSR count). The zero-order valence-corrected chi connectivity index (χ0v) is 9.34. The van der Waals surface area contributed by atoms with Gasteiger partial charge in [-0.15, -0.1) is 0 Å². The smallest absolute Gasteiger partial charge is 0.374 e. The second-order valence-corrected chi connectivity index (χ2v) is 3.49. The number of rotatable bonds is 4. The van der Waals surface area contributed by atoms with E-state index in [1.807, 2.05) is 6.92 Å². The van der Waals surface area contributed by atoms with Crippen LogP contribution in [0.15, 0.2) is 6.20 Å². The Bertz CT molecular complexity index is 364. The van der Waals surface area contributed by atoms with E-state index in [4.69, 9.17) is 0 Å². The molecular weight excluding hydrogens is 218 g/mol. The molecule has 0 spiro atoms. The van der Waals surface area contributed by atoms with Gasteiger partial charge in [0.1, 0.15) is 0 Å². The zero-order chi connectivity index (χ0) is 11.3. The molecule has 0 aromatic carbocycles. The van der Waals surface area contributed by atoms with Gasteiger partial charge in [-0.2, -0.15) is 0 Å². The molecule has 1 aromatic rings. The lowest BCUT2D eigenvalue weighted by Crippen LogP contribution is -2.39. The minimum Gasteiger partial charge on any atom is -0.464 e. The molecule has 6 nitrogen and oxygen atoms in total. The van der Waals surface area contributed by atoms with Gasteiger partial charge < -0.3 is 10.1 Å². The number of hydrogen-bond donors (Lipinski definition) is 1. The second-order valence-electron chi connectivity index (χ2n) is 2.70. The number of nitrogens with zero attached hydrogens (tertiary/aromatic N) is 2. The maximum atomic E-state index is 11.3. The number of carbonyl (C=O) groups excluding carboxylic acids is 2. The number of hydrogen-bond acceptors (Lipinski definition) is 5. The van der Waals surface area contributed by atoms with Gasteiger partial charge in [0.05, 0.1) is 11.6 Å². The van der Waals surface area contributed by atoms with Gasteiger partial charge in [-0.25, -0.2) is 4.79 Å². The van der Waals surface area contributed by atoms with Crippen LogP contribution in [-0.4, -0.2) is 30.0 Å². The Kier molecular flexibility index (Phi) is 4.17. The van der Waals surface area contributed by atoms with Gasteiger partial charge in [-0.3, -0.25) is 4.79 Å². The van der Waals surface area contributed by atoms with Crippen molar-refractivity contribution in [1.29, 1.82) is 0 Å². The predicted molar refractivity (Wildman–Crippen MR) is 52.3 cm³/mol. The molecule has 82 valence electrons. The first-order valence-electron chi connectivity index (χ1n) is 4.38. The molecule has 15 heavy (non-hydrogen) atoms. The highest BCUT2D eigenvalue weighted by Crippen LogP contribution is 1.99. The molecule has 1 N–H and O–H groups in total. The summed E-state index contributed by atoms with van der Waals surface area (Å²) in [5.41, 5.74) is 0. The lowest BCUT2D eigenvalue weighted by Gasteiger charge is -1.93. The Balaban J connectivity index is 2.63. The van der Waals surface area contributed by atoms with Gasteiger partial charge in [0.25, 0.3) is 12.5 Å². The fraction of sp³-hybridized carbons (Fsp3) is 0.500. The van der Waals surface area contributed by atoms with Crippen LogP contribution in [0, 0.1) is 0 Å². The SMILES string of the molecule is CCNC(=O)c1c[n+](CC(=O)OC)ns1. The summed E-state index contributed by atoms with van der Waals surface area (Å²) in [7, 11) is 1.31. The Hall–Kier alpha value is -1.50. The van der Waals surface area contributed by atoms with Gasteiger partial charge in [0.15, 0.2) is 4.88 Å². The van der Waals surface area contributed by atoms with Crippen molar-refractivity contribution in [2.24, 2.45) is 0 Å². The first-order chi connectivity index (χ1) is 7.17. The van der Waals surface area contributed by atoms with Crippen molar-refractivity contribution in [3.63, 3.8) is 0 Å². The zero-order valence-electron chi connectivity index (χ0n) is 8.52. The maximum Gasteiger partial charge on any atom is 0.374 e. The molecule has 0 saturated carbocycles. The highest BCUT2D eigenvalue weighted by Gasteiger charge is 2.18. The fourth-order valence-electron chi connectivity index (χ4n) is 0.898. The van der Waals surface area contributed by atoms with Crippen LogP contribution in [-0.2, 0) is 16.1 Å². The van der Waals surface area contributed by atoms with Crippen molar-refractivity contribution in [2.75, 3.05) is 13.7 Å². The van der Waals surface area contributed by atoms with Crippen LogP contribution in [0.3, 0.4) is 0 Å². The van der Waals surface area contributed by atoms with E-state index in [9.17, 15) is 9.59 Å². The van der Waals surface area contributed by atoms with Gasteiger partial charge in [-0.1, -0.05) is 4.68 Å². The minimum atomic E-state index is -0.396. The summed E-state index contributed by atoms with van der Waals surface area (Å²) >= 11 is 1.04. The number of carbonyl (C=O) groups is 2. The van der Waals surface area contributed by atoms with E-state index < -0.39 is 5.97 Å². The van der Waals surface area contributed by atoms with Crippen molar-refractivity contribution in [3.05, 3.63) is 11.1 Å². The molecule has 0 saturated heterocycles. The van der Waals surface area contributed by atoms with Crippen LogP contribution in [0.25, 0.3) is 0 Å². The van der Waals surface area contributed by atoms with E-state index in [0.29, 0.717) is 11.4 Å². The van der Waals surface area contributed by atoms with E-state index >= 15 is 0 Å². The number of ether oxygens (including phenoxy) is 1. The third-order valence-corrected chi connectivity index (χ3v) is 2.37. The molecule has 1 heterocycles. The minimum absolute atomic E-state index is 0.0202. The number of esters is 1. The Morgan fingerprint density at radius 3 is 3.00 bits per heavy atom. The molecule has 0 aliphatic carbocycles. The Labute approximate surface area is 91.0 Å². The predicted octanol–water partition coefficient (Wildman–Crippen LogP) is -0.647. The first-order valence-corrected chi connectivity index (χ1v) is 5.16. The van der Waals surface area contributed by atoms with Crippen molar-refractivity contribution in [1.82, 2.24) is 9.81 Å². The number of aromatic nitrogens is 2. The molecule has 0 fully saturated rings. The summed E-state index contributed by atoms with van der Waals surface area (Å²) in [5.74, 6) is -0.577. The topological polar surface area (TPSA) is 72.2 Å². The normalized spacial score (nSPS) is 9.73. The van der Waals surface area contributed by atoms with E-state index in [-0.39, 0.29) is 12.5 Å². The van der Waals surface area contributed by atoms with E-state index in [1.54, 1.807) is 0 Å². The molecule has 0 bridgehead atoms. The number of nitrogens with one attached hydrogen (secondary N) is 1. The summed E-state index contributed by atoms with van der Waals surface area (Å²) < 4.78 is 9.76. The summed E-state index contributed by atoms with van der Waals surface area (Å²) in [6, 6.07) is 0. The van der Waals surface area contributed by atoms with Crippen molar-refractivity contribution < 1.29 is 19.0 Å². The van der Waals surface area contributed by atoms with Crippen LogP contribution in [0.4, 0.5) is 0 Å². The van der Waals surface area contributed by atoms with Crippen LogP contribution < -0.4 is 10.00 Å². The highest BCUT2D eigenvalue weighted by atomic mass is 32.1. The van der Waals surface area contributed by atoms with E-state index in [2.05, 4.69) is 14.5 Å². The molecule has 0 unspecified atom stereocenters. The Morgan fingerprint density at radius 1 is 1.67 bits per heavy atom. The fourth-order valence-corrected chi connectivity index (χ4v) is 1.52. The Morgan fingerprint density at radius 2 is 2.40 bits per heavy atom. The molecule has 0 radical (unpaired) electrons. The summed E-state index contributed by atoms with van der Waals surface area (Å²) in [5, 5.41) is 2.64. The molecule has 1 amide bonds. The van der Waals surface area contributed by atoms with Crippen LogP contribution >= 0.6 is 11.5 Å². The molecule has 0 aliphatic heterocycles. The largest absolute Gasteiger partial charge is 0.464 e. The molecule has 0 aliphatic rings. The van der Waals surface area contributed by atoms with Crippen molar-refractivity contribution >= 4 is 23.4 Å². The summed E-state index contributed by atoms with van der Waals surface area (Å²) in [6.07, 6.45) is 1.52. The third kappa shape index (κ3) is 3.28. The van der Waals surface area contributed by atoms with Gasteiger partial charge >= 0.3 is 5.97 Å². The monoisotopic (exact) mass is 230 g/mol. The molecule has 7 heteroatoms. The summed E-state index contributed by atoms with van der Waals surface area (Å²) in [6.45, 7) is 2.42. The average Bonchev–Trinajstić information content (AvgIpc) is 2.66. The quantitative estimate of drug-likeness (QED) is 0.551. The lowest BCUT2D eigenvalue weighted by molar-refractivity contribution is -0.735. The van der Waals surface area contributed by atoms with Gasteiger partial charge in [-0.05, 0) is 6.92 Å². The highest BCUT2D eigenvalue weighted by molar-refractivity contribution is 7.07. The molecule has 1 aromatic heterocycles. The third-order valence-electron chi connectivity index (χ3n) is 1.59. The summed E-state index contributed by atoms with van der Waals surface area (Å²) in [4.78, 5) is 22.7. The first kappa shape index (κ1) is 11.6.